The van der Waals surface area contributed by atoms with Gasteiger partial charge in [-0.05, 0) is 55.8 Å². The molecular formula is C27H26NO3PS. The van der Waals surface area contributed by atoms with Crippen molar-refractivity contribution >= 4 is 27.7 Å². The Labute approximate surface area is 195 Å². The Hall–Kier alpha value is -2.98. The van der Waals surface area contributed by atoms with Gasteiger partial charge in [-0.2, -0.15) is 0 Å². The third-order valence-corrected chi connectivity index (χ3v) is 10.4. The minimum Gasteiger partial charge on any atom is -0.296 e. The molecule has 33 heavy (non-hydrogen) atoms. The van der Waals surface area contributed by atoms with Crippen LogP contribution in [0.2, 0.25) is 0 Å². The summed E-state index contributed by atoms with van der Waals surface area (Å²) in [5.41, 5.74) is 2.51. The highest BCUT2D eigenvalue weighted by atomic mass is 32.2. The van der Waals surface area contributed by atoms with Crippen LogP contribution < -0.4 is 15.7 Å². The summed E-state index contributed by atoms with van der Waals surface area (Å²) in [6, 6.07) is 32.0. The predicted molar refractivity (Wildman–Crippen MR) is 135 cm³/mol. The number of sulfone groups is 1. The average molecular weight is 476 g/mol. The number of aryl methyl sites for hydroxylation is 2. The fraction of sp³-hybridized carbons (Fsp3) is 0.111. The minimum absolute atomic E-state index is 0.179. The van der Waals surface area contributed by atoms with Crippen LogP contribution in [-0.4, -0.2) is 8.42 Å². The number of hydrogen-bond donors (Lipinski definition) is 1. The standard InChI is InChI=1S/C27H26NO3PS/c1-21-13-17-23(18-14-21)27(33(30,31)26-19-15-22(2)16-20-26)28-32(29,24-9-5-3-6-10-24)25-11-7-4-8-12-25/h3-20,27H,1-2H3,(H,28,29). The van der Waals surface area contributed by atoms with E-state index in [-0.39, 0.29) is 4.90 Å². The summed E-state index contributed by atoms with van der Waals surface area (Å²) in [7, 11) is -7.43. The zero-order chi connectivity index (χ0) is 23.5. The van der Waals surface area contributed by atoms with Crippen molar-refractivity contribution in [3.05, 3.63) is 126 Å². The van der Waals surface area contributed by atoms with Gasteiger partial charge in [-0.15, -0.1) is 0 Å². The lowest BCUT2D eigenvalue weighted by Gasteiger charge is -2.27. The van der Waals surface area contributed by atoms with Gasteiger partial charge >= 0.3 is 0 Å². The van der Waals surface area contributed by atoms with Crippen molar-refractivity contribution in [2.45, 2.75) is 24.1 Å². The molecule has 4 aromatic carbocycles. The van der Waals surface area contributed by atoms with Crippen LogP contribution in [0.3, 0.4) is 0 Å². The van der Waals surface area contributed by atoms with Gasteiger partial charge in [0.05, 0.1) is 4.90 Å². The maximum atomic E-state index is 14.6. The summed E-state index contributed by atoms with van der Waals surface area (Å²) in [5, 5.41) is 3.02. The van der Waals surface area contributed by atoms with Gasteiger partial charge in [0.15, 0.2) is 9.84 Å². The van der Waals surface area contributed by atoms with Gasteiger partial charge in [0, 0.05) is 10.6 Å². The van der Waals surface area contributed by atoms with E-state index < -0.39 is 22.5 Å². The predicted octanol–water partition coefficient (Wildman–Crippen LogP) is 5.29. The smallest absolute Gasteiger partial charge is 0.205 e. The Balaban J connectivity index is 1.90. The highest BCUT2D eigenvalue weighted by molar-refractivity contribution is 7.92. The van der Waals surface area contributed by atoms with Crippen molar-refractivity contribution in [1.82, 2.24) is 5.09 Å². The SMILES string of the molecule is Cc1ccc(C(NP(=O)(c2ccccc2)c2ccccc2)S(=O)(=O)c2ccc(C)cc2)cc1. The molecule has 0 saturated carbocycles. The lowest BCUT2D eigenvalue weighted by atomic mass is 10.1. The van der Waals surface area contributed by atoms with E-state index in [4.69, 9.17) is 0 Å². The second-order valence-corrected chi connectivity index (χ2v) is 12.6. The molecule has 1 unspecified atom stereocenters. The number of nitrogens with one attached hydrogen (secondary N) is 1. The Morgan fingerprint density at radius 2 is 1.06 bits per heavy atom. The zero-order valence-electron chi connectivity index (χ0n) is 18.5. The van der Waals surface area contributed by atoms with Crippen molar-refractivity contribution < 1.29 is 13.0 Å². The van der Waals surface area contributed by atoms with Crippen LogP contribution >= 0.6 is 7.29 Å². The first-order valence-electron chi connectivity index (χ1n) is 10.7. The van der Waals surface area contributed by atoms with Crippen LogP contribution in [0.25, 0.3) is 0 Å². The van der Waals surface area contributed by atoms with Gasteiger partial charge in [0.25, 0.3) is 0 Å². The van der Waals surface area contributed by atoms with Crippen molar-refractivity contribution in [2.75, 3.05) is 0 Å². The van der Waals surface area contributed by atoms with Crippen LogP contribution in [-0.2, 0) is 14.4 Å². The molecule has 0 radical (unpaired) electrons. The first-order chi connectivity index (χ1) is 15.8. The summed E-state index contributed by atoms with van der Waals surface area (Å²) in [6.07, 6.45) is 0. The maximum Gasteiger partial charge on any atom is 0.205 e. The van der Waals surface area contributed by atoms with Gasteiger partial charge in [-0.25, -0.2) is 13.5 Å². The van der Waals surface area contributed by atoms with E-state index in [1.807, 2.05) is 62.4 Å². The molecule has 0 heterocycles. The van der Waals surface area contributed by atoms with Crippen molar-refractivity contribution in [3.63, 3.8) is 0 Å². The van der Waals surface area contributed by atoms with Crippen LogP contribution in [0.1, 0.15) is 22.1 Å². The first kappa shape index (κ1) is 23.2. The molecular weight excluding hydrogens is 449 g/mol. The minimum atomic E-state index is -3.92. The van der Waals surface area contributed by atoms with Crippen molar-refractivity contribution in [2.24, 2.45) is 0 Å². The fourth-order valence-electron chi connectivity index (χ4n) is 3.67. The third kappa shape index (κ3) is 4.86. The van der Waals surface area contributed by atoms with Gasteiger partial charge in [-0.3, -0.25) is 4.57 Å². The third-order valence-electron chi connectivity index (χ3n) is 5.58. The Kier molecular flexibility index (Phi) is 6.66. The molecule has 0 bridgehead atoms. The highest BCUT2D eigenvalue weighted by Crippen LogP contribution is 2.44. The normalized spacial score (nSPS) is 12.9. The summed E-state index contributed by atoms with van der Waals surface area (Å²) >= 11 is 0. The van der Waals surface area contributed by atoms with Crippen LogP contribution in [0, 0.1) is 13.8 Å². The monoisotopic (exact) mass is 475 g/mol. The first-order valence-corrected chi connectivity index (χ1v) is 13.9. The van der Waals surface area contributed by atoms with Crippen LogP contribution in [0.5, 0.6) is 0 Å². The van der Waals surface area contributed by atoms with E-state index in [2.05, 4.69) is 5.09 Å². The van der Waals surface area contributed by atoms with E-state index in [0.717, 1.165) is 11.1 Å². The second kappa shape index (κ2) is 9.48. The Morgan fingerprint density at radius 3 is 1.52 bits per heavy atom. The molecule has 0 spiro atoms. The van der Waals surface area contributed by atoms with Crippen molar-refractivity contribution in [1.29, 1.82) is 0 Å². The molecule has 1 N–H and O–H groups in total. The van der Waals surface area contributed by atoms with E-state index >= 15 is 0 Å². The fourth-order valence-corrected chi connectivity index (χ4v) is 8.23. The van der Waals surface area contributed by atoms with E-state index in [1.165, 1.54) is 0 Å². The largest absolute Gasteiger partial charge is 0.296 e. The zero-order valence-corrected chi connectivity index (χ0v) is 20.3. The molecule has 0 fully saturated rings. The number of hydrogen-bond acceptors (Lipinski definition) is 3. The quantitative estimate of drug-likeness (QED) is 0.369. The molecule has 0 aliphatic rings. The summed E-state index contributed by atoms with van der Waals surface area (Å²) in [5.74, 6) is 0. The molecule has 0 aliphatic heterocycles. The highest BCUT2D eigenvalue weighted by Gasteiger charge is 2.37. The molecule has 1 atom stereocenters. The molecule has 4 aromatic rings. The average Bonchev–Trinajstić information content (AvgIpc) is 2.84. The van der Waals surface area contributed by atoms with Gasteiger partial charge in [0.1, 0.15) is 5.37 Å². The molecule has 0 saturated heterocycles. The van der Waals surface area contributed by atoms with Gasteiger partial charge in [0.2, 0.25) is 7.29 Å². The lowest BCUT2D eigenvalue weighted by molar-refractivity contribution is 0.560. The van der Waals surface area contributed by atoms with Crippen molar-refractivity contribution in [3.8, 4) is 0 Å². The van der Waals surface area contributed by atoms with Gasteiger partial charge < -0.3 is 0 Å². The molecule has 0 aromatic heterocycles. The number of rotatable bonds is 7. The summed E-state index contributed by atoms with van der Waals surface area (Å²) in [4.78, 5) is 0.179. The van der Waals surface area contributed by atoms with Crippen LogP contribution in [0.15, 0.2) is 114 Å². The summed E-state index contributed by atoms with van der Waals surface area (Å²) < 4.78 is 42.4. The Morgan fingerprint density at radius 1 is 0.636 bits per heavy atom. The van der Waals surface area contributed by atoms with E-state index in [9.17, 15) is 13.0 Å². The molecule has 168 valence electrons. The molecule has 0 aliphatic carbocycles. The lowest BCUT2D eigenvalue weighted by Crippen LogP contribution is -2.34. The maximum absolute atomic E-state index is 14.6. The van der Waals surface area contributed by atoms with E-state index in [1.54, 1.807) is 60.7 Å². The topological polar surface area (TPSA) is 63.2 Å². The number of benzene rings is 4. The van der Waals surface area contributed by atoms with E-state index in [0.29, 0.717) is 16.2 Å². The molecule has 4 rings (SSSR count). The second-order valence-electron chi connectivity index (χ2n) is 8.06. The molecule has 0 amide bonds. The molecule has 4 nitrogen and oxygen atoms in total. The van der Waals surface area contributed by atoms with Crippen LogP contribution in [0.4, 0.5) is 0 Å². The Bertz CT molecular complexity index is 1330. The molecule has 6 heteroatoms. The summed E-state index contributed by atoms with van der Waals surface area (Å²) in [6.45, 7) is 3.85. The van der Waals surface area contributed by atoms with Gasteiger partial charge in [-0.1, -0.05) is 83.9 Å².